The first-order valence-corrected chi connectivity index (χ1v) is 9.86. The summed E-state index contributed by atoms with van der Waals surface area (Å²) < 4.78 is 58.4. The number of benzene rings is 1. The van der Waals surface area contributed by atoms with Gasteiger partial charge in [0.25, 0.3) is 0 Å². The van der Waals surface area contributed by atoms with Gasteiger partial charge >= 0.3 is 6.61 Å². The number of alkyl halides is 2. The van der Waals surface area contributed by atoms with Crippen LogP contribution in [0.2, 0.25) is 0 Å². The predicted octanol–water partition coefficient (Wildman–Crippen LogP) is 3.08. The number of nitrogens with zero attached hydrogens (tertiary/aromatic N) is 1. The Morgan fingerprint density at radius 2 is 2.00 bits per heavy atom. The number of pyridine rings is 1. The molecule has 1 aromatic carbocycles. The second-order valence-electron chi connectivity index (χ2n) is 7.54. The second-order valence-corrected chi connectivity index (χ2v) is 7.54. The highest BCUT2D eigenvalue weighted by Gasteiger charge is 2.32. The van der Waals surface area contributed by atoms with E-state index in [1.807, 2.05) is 0 Å². The molecule has 2 unspecified atom stereocenters. The van der Waals surface area contributed by atoms with Crippen LogP contribution in [-0.2, 0) is 16.1 Å². The van der Waals surface area contributed by atoms with Gasteiger partial charge in [-0.05, 0) is 11.6 Å². The van der Waals surface area contributed by atoms with E-state index in [1.54, 1.807) is 13.8 Å². The lowest BCUT2D eigenvalue weighted by Gasteiger charge is -2.32. The highest BCUT2D eigenvalue weighted by atomic mass is 19.3. The molecule has 11 heteroatoms. The Labute approximate surface area is 181 Å². The molecule has 0 bridgehead atoms. The van der Waals surface area contributed by atoms with E-state index in [1.165, 1.54) is 24.4 Å². The van der Waals surface area contributed by atoms with Crippen molar-refractivity contribution >= 4 is 11.8 Å². The summed E-state index contributed by atoms with van der Waals surface area (Å²) in [6, 6.07) is 4.25. The van der Waals surface area contributed by atoms with Crippen molar-refractivity contribution in [1.29, 1.82) is 0 Å². The van der Waals surface area contributed by atoms with E-state index in [0.717, 1.165) is 6.07 Å². The smallest absolute Gasteiger partial charge is 0.388 e. The Hall–Kier alpha value is -3.21. The lowest BCUT2D eigenvalue weighted by Crippen LogP contribution is -2.47. The van der Waals surface area contributed by atoms with Gasteiger partial charge in [-0.15, -0.1) is 0 Å². The largest absolute Gasteiger partial charge is 0.417 e. The summed E-state index contributed by atoms with van der Waals surface area (Å²) in [4.78, 5) is 27.8. The molecule has 3 rings (SSSR count). The zero-order valence-electron chi connectivity index (χ0n) is 17.3. The van der Waals surface area contributed by atoms with Gasteiger partial charge in [0, 0.05) is 42.8 Å². The number of ether oxygens (including phenoxy) is 1. The third-order valence-corrected chi connectivity index (χ3v) is 4.91. The first-order valence-electron chi connectivity index (χ1n) is 9.86. The van der Waals surface area contributed by atoms with Crippen LogP contribution >= 0.6 is 0 Å². The van der Waals surface area contributed by atoms with Gasteiger partial charge in [0.15, 0.2) is 0 Å². The van der Waals surface area contributed by atoms with Crippen molar-refractivity contribution in [3.8, 4) is 5.88 Å². The van der Waals surface area contributed by atoms with Gasteiger partial charge in [-0.1, -0.05) is 26.0 Å². The topological polar surface area (TPSA) is 92.4 Å². The molecule has 1 aliphatic rings. The molecule has 1 aromatic heterocycles. The summed E-state index contributed by atoms with van der Waals surface area (Å²) in [6.45, 7) is 0.199. The monoisotopic (exact) mass is 454 g/mol. The normalized spacial score (nSPS) is 18.6. The Balaban J connectivity index is 1.82. The molecule has 0 spiro atoms. The van der Waals surface area contributed by atoms with Crippen LogP contribution in [0.1, 0.15) is 49.2 Å². The number of nitrogens with one attached hydrogen (secondary N) is 3. The number of aromatic nitrogens is 1. The Bertz CT molecular complexity index is 986. The average molecular weight is 454 g/mol. The van der Waals surface area contributed by atoms with Crippen molar-refractivity contribution in [3.05, 3.63) is 58.8 Å². The van der Waals surface area contributed by atoms with E-state index in [9.17, 15) is 22.8 Å². The van der Waals surface area contributed by atoms with Crippen LogP contribution in [-0.4, -0.2) is 23.4 Å². The molecule has 0 saturated carbocycles. The zero-order valence-corrected chi connectivity index (χ0v) is 17.3. The molecule has 2 aromatic rings. The number of carbonyl (C=O) groups excluding carboxylic acids is 2. The Morgan fingerprint density at radius 3 is 2.62 bits per heavy atom. The molecule has 0 aliphatic carbocycles. The lowest BCUT2D eigenvalue weighted by molar-refractivity contribution is -0.125. The summed E-state index contributed by atoms with van der Waals surface area (Å²) in [6.07, 6.45) is -0.00468. The molecule has 2 heterocycles. The van der Waals surface area contributed by atoms with E-state index >= 15 is 4.39 Å². The van der Waals surface area contributed by atoms with Crippen molar-refractivity contribution in [2.24, 2.45) is 5.92 Å². The van der Waals surface area contributed by atoms with Crippen LogP contribution in [0, 0.1) is 17.6 Å². The molecular weight excluding hydrogens is 432 g/mol. The number of hydrogen-bond donors (Lipinski definition) is 3. The first-order chi connectivity index (χ1) is 15.2. The fourth-order valence-electron chi connectivity index (χ4n) is 3.24. The summed E-state index contributed by atoms with van der Waals surface area (Å²) >= 11 is 0. The third-order valence-electron chi connectivity index (χ3n) is 4.91. The van der Waals surface area contributed by atoms with E-state index in [-0.39, 0.29) is 36.2 Å². The maximum atomic E-state index is 15.1. The van der Waals surface area contributed by atoms with Crippen LogP contribution in [0.5, 0.6) is 5.88 Å². The average Bonchev–Trinajstić information content (AvgIpc) is 2.72. The number of rotatable bonds is 7. The zero-order chi connectivity index (χ0) is 23.4. The van der Waals surface area contributed by atoms with E-state index < -0.39 is 41.9 Å². The van der Waals surface area contributed by atoms with Gasteiger partial charge in [0.2, 0.25) is 17.7 Å². The van der Waals surface area contributed by atoms with Crippen molar-refractivity contribution < 1.29 is 31.9 Å². The molecule has 0 radical (unpaired) electrons. The summed E-state index contributed by atoms with van der Waals surface area (Å²) in [5, 5.41) is 8.01. The molecule has 1 aliphatic heterocycles. The molecule has 2 atom stereocenters. The van der Waals surface area contributed by atoms with Crippen molar-refractivity contribution in [3.63, 3.8) is 0 Å². The molecule has 3 N–H and O–H groups in total. The van der Waals surface area contributed by atoms with Gasteiger partial charge in [-0.3, -0.25) is 14.9 Å². The van der Waals surface area contributed by atoms with E-state index in [2.05, 4.69) is 25.7 Å². The molecule has 1 fully saturated rings. The van der Waals surface area contributed by atoms with Gasteiger partial charge in [-0.25, -0.2) is 13.8 Å². The van der Waals surface area contributed by atoms with Gasteiger partial charge < -0.3 is 15.4 Å². The molecule has 7 nitrogen and oxygen atoms in total. The molecule has 172 valence electrons. The summed E-state index contributed by atoms with van der Waals surface area (Å²) in [5.74, 6) is -3.13. The van der Waals surface area contributed by atoms with Crippen LogP contribution in [0.3, 0.4) is 0 Å². The lowest BCUT2D eigenvalue weighted by atomic mass is 9.98. The van der Waals surface area contributed by atoms with Crippen molar-refractivity contribution in [1.82, 2.24) is 20.9 Å². The SMILES string of the molecule is CC(C)C(=O)NCc1ccc(F)c(C2NC(=O)CC(c3ccc(OC(F)F)nc3)N2)c1F. The number of halogens is 4. The summed E-state index contributed by atoms with van der Waals surface area (Å²) in [5.41, 5.74) is 0.112. The third kappa shape index (κ3) is 5.52. The van der Waals surface area contributed by atoms with Crippen LogP contribution < -0.4 is 20.7 Å². The molecule has 1 saturated heterocycles. The van der Waals surface area contributed by atoms with E-state index in [4.69, 9.17) is 0 Å². The second kappa shape index (κ2) is 9.94. The van der Waals surface area contributed by atoms with Gasteiger partial charge in [0.05, 0.1) is 5.56 Å². The highest BCUT2D eigenvalue weighted by molar-refractivity contribution is 5.78. The minimum atomic E-state index is -3.03. The maximum absolute atomic E-state index is 15.1. The number of amides is 2. The fourth-order valence-corrected chi connectivity index (χ4v) is 3.24. The van der Waals surface area contributed by atoms with Crippen LogP contribution in [0.15, 0.2) is 30.5 Å². The fraction of sp³-hybridized carbons (Fsp3) is 0.381. The number of carbonyl (C=O) groups is 2. The minimum absolute atomic E-state index is 0.0550. The Kier molecular flexibility index (Phi) is 7.29. The van der Waals surface area contributed by atoms with E-state index in [0.29, 0.717) is 5.56 Å². The van der Waals surface area contributed by atoms with Crippen molar-refractivity contribution in [2.45, 2.75) is 45.6 Å². The highest BCUT2D eigenvalue weighted by Crippen LogP contribution is 2.29. The molecular formula is C21H22F4N4O3. The molecule has 2 amide bonds. The Morgan fingerprint density at radius 1 is 1.25 bits per heavy atom. The number of hydrogen-bond acceptors (Lipinski definition) is 5. The minimum Gasteiger partial charge on any atom is -0.417 e. The van der Waals surface area contributed by atoms with Gasteiger partial charge in [0.1, 0.15) is 17.8 Å². The quantitative estimate of drug-likeness (QED) is 0.560. The van der Waals surface area contributed by atoms with Crippen LogP contribution in [0.4, 0.5) is 17.6 Å². The van der Waals surface area contributed by atoms with Crippen molar-refractivity contribution in [2.75, 3.05) is 0 Å². The maximum Gasteiger partial charge on any atom is 0.388 e. The first kappa shape index (κ1) is 23.5. The van der Waals surface area contributed by atoms with Crippen LogP contribution in [0.25, 0.3) is 0 Å². The van der Waals surface area contributed by atoms with Gasteiger partial charge in [-0.2, -0.15) is 8.78 Å². The molecule has 32 heavy (non-hydrogen) atoms. The summed E-state index contributed by atoms with van der Waals surface area (Å²) in [7, 11) is 0. The predicted molar refractivity (Wildman–Crippen MR) is 105 cm³/mol. The standard InChI is InChI=1S/C21H22F4N4O3/c1-10(2)20(31)27-9-12-3-5-13(22)17(18(12)23)19-28-14(7-15(30)29-19)11-4-6-16(26-8-11)32-21(24)25/h3-6,8,10,14,19,21,28H,7,9H2,1-2H3,(H,27,31)(H,29,30).